The van der Waals surface area contributed by atoms with Crippen LogP contribution in [0.3, 0.4) is 0 Å². The zero-order valence-electron chi connectivity index (χ0n) is 17.0. The van der Waals surface area contributed by atoms with Crippen molar-refractivity contribution in [2.75, 3.05) is 18.1 Å². The van der Waals surface area contributed by atoms with Crippen LogP contribution in [0.1, 0.15) is 27.2 Å². The molecule has 0 fully saturated rings. The van der Waals surface area contributed by atoms with Crippen LogP contribution in [-0.2, 0) is 14.4 Å². The number of hydrogen-bond acceptors (Lipinski definition) is 7. The second kappa shape index (κ2) is 14.0. The van der Waals surface area contributed by atoms with Crippen molar-refractivity contribution in [3.8, 4) is 0 Å². The van der Waals surface area contributed by atoms with Crippen LogP contribution < -0.4 is 0 Å². The Hall–Kier alpha value is -2.09. The Morgan fingerprint density at radius 2 is 1.72 bits per heavy atom. The number of hydrogen-bond donors (Lipinski definition) is 1. The van der Waals surface area contributed by atoms with E-state index < -0.39 is 5.97 Å². The Morgan fingerprint density at radius 1 is 1.10 bits per heavy atom. The van der Waals surface area contributed by atoms with E-state index in [4.69, 9.17) is 5.11 Å². The van der Waals surface area contributed by atoms with Crippen LogP contribution in [0.5, 0.6) is 0 Å². The van der Waals surface area contributed by atoms with Gasteiger partial charge in [0.1, 0.15) is 5.71 Å². The van der Waals surface area contributed by atoms with E-state index in [0.29, 0.717) is 5.57 Å². The van der Waals surface area contributed by atoms with Crippen molar-refractivity contribution in [3.63, 3.8) is 0 Å². The second-order valence-corrected chi connectivity index (χ2v) is 8.29. The molecule has 0 radical (unpaired) electrons. The molecule has 0 spiro atoms. The molecule has 1 aromatic carbocycles. The number of aliphatic hydroxyl groups excluding tert-OH is 1. The van der Waals surface area contributed by atoms with Crippen molar-refractivity contribution >= 4 is 41.0 Å². The largest absolute Gasteiger partial charge is 0.396 e. The molecule has 1 N–H and O–H groups in total. The van der Waals surface area contributed by atoms with Crippen molar-refractivity contribution in [3.05, 3.63) is 60.2 Å². The molecule has 0 bridgehead atoms. The molecular formula is C22H27NO4S2. The number of Topliss-reactive ketones (excluding diaryl/α,β-unsaturated/α-hetero) is 1. The van der Waals surface area contributed by atoms with Crippen molar-refractivity contribution in [1.82, 2.24) is 0 Å². The van der Waals surface area contributed by atoms with E-state index in [9.17, 15) is 9.59 Å². The molecule has 29 heavy (non-hydrogen) atoms. The van der Waals surface area contributed by atoms with Gasteiger partial charge in [0.25, 0.3) is 0 Å². The summed E-state index contributed by atoms with van der Waals surface area (Å²) >= 11 is 3.41. The molecule has 7 heteroatoms. The lowest BCUT2D eigenvalue weighted by molar-refractivity contribution is -0.140. The molecule has 0 aliphatic rings. The van der Waals surface area contributed by atoms with E-state index in [-0.39, 0.29) is 18.1 Å². The quantitative estimate of drug-likeness (QED) is 0.0969. The number of allylic oxidation sites excluding steroid dienone is 4. The second-order valence-electron chi connectivity index (χ2n) is 6.07. The predicted octanol–water partition coefficient (Wildman–Crippen LogP) is 4.82. The van der Waals surface area contributed by atoms with Crippen LogP contribution in [0.15, 0.2) is 75.2 Å². The number of carbonyl (C=O) groups excluding carboxylic acids is 2. The number of thioether (sulfide) groups is 2. The maximum absolute atomic E-state index is 12.2. The molecule has 0 amide bonds. The van der Waals surface area contributed by atoms with Crippen LogP contribution in [0.4, 0.5) is 0 Å². The topological polar surface area (TPSA) is 76.0 Å². The van der Waals surface area contributed by atoms with E-state index in [0.717, 1.165) is 28.4 Å². The lowest BCUT2D eigenvalue weighted by Crippen LogP contribution is -2.12. The monoisotopic (exact) mass is 433 g/mol. The fraction of sp³-hybridized carbons (Fsp3) is 0.318. The number of oxime groups is 1. The summed E-state index contributed by atoms with van der Waals surface area (Å²) in [5.74, 6) is 0.773. The first-order valence-corrected chi connectivity index (χ1v) is 11.1. The van der Waals surface area contributed by atoms with Gasteiger partial charge in [-0.05, 0) is 55.7 Å². The summed E-state index contributed by atoms with van der Waals surface area (Å²) in [6, 6.07) is 8.31. The molecule has 0 aliphatic heterocycles. The SMILES string of the molecule is C=C/C(=C\C=C(/C)C(=O)/C(C)=N/OC(C)=O)CSc1ccc(SCCCO)cc1. The number of benzene rings is 1. The molecule has 0 atom stereocenters. The van der Waals surface area contributed by atoms with Gasteiger partial charge in [-0.2, -0.15) is 0 Å². The first-order chi connectivity index (χ1) is 13.9. The zero-order valence-corrected chi connectivity index (χ0v) is 18.6. The molecule has 1 rings (SSSR count). The summed E-state index contributed by atoms with van der Waals surface area (Å²) in [4.78, 5) is 29.8. The summed E-state index contributed by atoms with van der Waals surface area (Å²) in [6.45, 7) is 8.47. The molecule has 0 heterocycles. The number of carbonyl (C=O) groups is 2. The summed E-state index contributed by atoms with van der Waals surface area (Å²) in [5, 5.41) is 12.4. The minimum Gasteiger partial charge on any atom is -0.396 e. The molecule has 0 saturated heterocycles. The van der Waals surface area contributed by atoms with Crippen molar-refractivity contribution in [2.24, 2.45) is 5.16 Å². The Kier molecular flexibility index (Phi) is 12.0. The summed E-state index contributed by atoms with van der Waals surface area (Å²) in [5.41, 5.74) is 1.60. The van der Waals surface area contributed by atoms with Gasteiger partial charge in [-0.1, -0.05) is 30.0 Å². The van der Waals surface area contributed by atoms with E-state index in [2.05, 4.69) is 40.8 Å². The molecular weight excluding hydrogens is 406 g/mol. The molecule has 1 aromatic rings. The van der Waals surface area contributed by atoms with Crippen molar-refractivity contribution in [2.45, 2.75) is 37.0 Å². The first kappa shape index (κ1) is 24.9. The van der Waals surface area contributed by atoms with Crippen LogP contribution >= 0.6 is 23.5 Å². The summed E-state index contributed by atoms with van der Waals surface area (Å²) in [6.07, 6.45) is 6.12. The van der Waals surface area contributed by atoms with Gasteiger partial charge < -0.3 is 9.94 Å². The first-order valence-electron chi connectivity index (χ1n) is 9.10. The Bertz CT molecular complexity index is 796. The summed E-state index contributed by atoms with van der Waals surface area (Å²) < 4.78 is 0. The zero-order chi connectivity index (χ0) is 21.6. The van der Waals surface area contributed by atoms with Crippen LogP contribution in [0, 0.1) is 0 Å². The average molecular weight is 434 g/mol. The fourth-order valence-corrected chi connectivity index (χ4v) is 3.71. The van der Waals surface area contributed by atoms with E-state index in [1.54, 1.807) is 42.6 Å². The third-order valence-corrected chi connectivity index (χ3v) is 5.79. The highest BCUT2D eigenvalue weighted by atomic mass is 32.2. The maximum Gasteiger partial charge on any atom is 0.331 e. The Morgan fingerprint density at radius 3 is 2.28 bits per heavy atom. The van der Waals surface area contributed by atoms with E-state index in [1.165, 1.54) is 18.7 Å². The lowest BCUT2D eigenvalue weighted by Gasteiger charge is -2.05. The van der Waals surface area contributed by atoms with E-state index >= 15 is 0 Å². The molecule has 156 valence electrons. The fourth-order valence-electron chi connectivity index (χ4n) is 2.00. The van der Waals surface area contributed by atoms with Gasteiger partial charge in [0, 0.05) is 34.8 Å². The highest BCUT2D eigenvalue weighted by Crippen LogP contribution is 2.25. The Balaban J connectivity index is 2.65. The van der Waals surface area contributed by atoms with Gasteiger partial charge >= 0.3 is 5.97 Å². The van der Waals surface area contributed by atoms with Gasteiger partial charge in [-0.25, -0.2) is 4.79 Å². The molecule has 5 nitrogen and oxygen atoms in total. The average Bonchev–Trinajstić information content (AvgIpc) is 2.72. The molecule has 0 aliphatic carbocycles. The third kappa shape index (κ3) is 10.3. The number of nitrogens with zero attached hydrogens (tertiary/aromatic N) is 1. The van der Waals surface area contributed by atoms with Gasteiger partial charge in [0.2, 0.25) is 5.78 Å². The Labute approximate surface area is 181 Å². The maximum atomic E-state index is 12.2. The van der Waals surface area contributed by atoms with Gasteiger partial charge in [0.05, 0.1) is 0 Å². The normalized spacial score (nSPS) is 12.6. The molecule has 0 unspecified atom stereocenters. The highest BCUT2D eigenvalue weighted by Gasteiger charge is 2.09. The van der Waals surface area contributed by atoms with E-state index in [1.807, 2.05) is 6.08 Å². The van der Waals surface area contributed by atoms with Crippen LogP contribution in [0.25, 0.3) is 0 Å². The molecule has 0 saturated carbocycles. The van der Waals surface area contributed by atoms with Crippen LogP contribution in [-0.4, -0.2) is 40.7 Å². The number of aliphatic hydroxyl groups is 1. The standard InChI is InChI=1S/C22H27NO4S2/c1-5-19(8-7-16(2)22(26)17(3)23-27-18(4)25)15-29-21-11-9-20(10-12-21)28-14-6-13-24/h5,7-12,24H,1,6,13-15H2,2-4H3/b16-7+,19-8+,23-17+. The molecule has 0 aromatic heterocycles. The third-order valence-electron chi connectivity index (χ3n) is 3.61. The van der Waals surface area contributed by atoms with Crippen molar-refractivity contribution in [1.29, 1.82) is 0 Å². The van der Waals surface area contributed by atoms with Gasteiger partial charge in [-0.15, -0.1) is 23.5 Å². The van der Waals surface area contributed by atoms with Gasteiger partial charge in [-0.3, -0.25) is 4.79 Å². The number of rotatable bonds is 12. The smallest absolute Gasteiger partial charge is 0.331 e. The van der Waals surface area contributed by atoms with Crippen LogP contribution in [0.2, 0.25) is 0 Å². The number of ketones is 1. The highest BCUT2D eigenvalue weighted by molar-refractivity contribution is 7.99. The van der Waals surface area contributed by atoms with Gasteiger partial charge in [0.15, 0.2) is 0 Å². The van der Waals surface area contributed by atoms with Crippen molar-refractivity contribution < 1.29 is 19.5 Å². The minimum atomic E-state index is -0.568. The predicted molar refractivity (Wildman–Crippen MR) is 122 cm³/mol. The minimum absolute atomic E-state index is 0.119. The lowest BCUT2D eigenvalue weighted by atomic mass is 10.1. The summed E-state index contributed by atoms with van der Waals surface area (Å²) in [7, 11) is 0.